The molecule has 1 atom stereocenters. The third kappa shape index (κ3) is 3.25. The number of aromatic amines is 1. The Bertz CT molecular complexity index is 1130. The number of aromatic nitrogens is 3. The molecule has 3 aromatic rings. The van der Waals surface area contributed by atoms with E-state index in [4.69, 9.17) is 0 Å². The van der Waals surface area contributed by atoms with E-state index in [2.05, 4.69) is 20.7 Å². The molecule has 9 heteroatoms. The maximum absolute atomic E-state index is 12.5. The van der Waals surface area contributed by atoms with E-state index in [9.17, 15) is 13.8 Å². The van der Waals surface area contributed by atoms with Gasteiger partial charge in [-0.3, -0.25) is 23.6 Å². The van der Waals surface area contributed by atoms with Gasteiger partial charge in [0, 0.05) is 19.4 Å². The topological polar surface area (TPSA) is 109 Å². The van der Waals surface area contributed by atoms with Crippen LogP contribution in [-0.2, 0) is 22.6 Å². The number of carbonyl (C=O) groups excluding carboxylic acids is 1. The molecule has 0 saturated heterocycles. The van der Waals surface area contributed by atoms with Crippen LogP contribution in [0.5, 0.6) is 0 Å². The van der Waals surface area contributed by atoms with E-state index in [1.807, 2.05) is 18.2 Å². The van der Waals surface area contributed by atoms with Crippen molar-refractivity contribution in [3.05, 3.63) is 40.2 Å². The molecular formula is C18H19N5O3S. The fourth-order valence-electron chi connectivity index (χ4n) is 3.15. The van der Waals surface area contributed by atoms with Crippen molar-refractivity contribution < 1.29 is 9.00 Å². The van der Waals surface area contributed by atoms with Gasteiger partial charge in [-0.1, -0.05) is 6.07 Å². The summed E-state index contributed by atoms with van der Waals surface area (Å²) in [6, 6.07) is 7.46. The van der Waals surface area contributed by atoms with Gasteiger partial charge in [-0.15, -0.1) is 0 Å². The highest BCUT2D eigenvalue weighted by Crippen LogP contribution is 2.41. The Kier molecular flexibility index (Phi) is 4.31. The first-order chi connectivity index (χ1) is 13.0. The van der Waals surface area contributed by atoms with Gasteiger partial charge in [0.1, 0.15) is 11.2 Å². The minimum absolute atomic E-state index is 0.244. The first kappa shape index (κ1) is 17.5. The SMILES string of the molecule is Cn1[nH]c2nc(NC=O)cc(Nc3ccc(C4CC4)cc3S(C)=O)c2c1=O. The number of hydrogen-bond acceptors (Lipinski definition) is 5. The summed E-state index contributed by atoms with van der Waals surface area (Å²) >= 11 is 0. The van der Waals surface area contributed by atoms with E-state index in [1.54, 1.807) is 19.4 Å². The van der Waals surface area contributed by atoms with Gasteiger partial charge < -0.3 is 10.6 Å². The average Bonchev–Trinajstić information content (AvgIpc) is 3.42. The second-order valence-corrected chi connectivity index (χ2v) is 7.97. The lowest BCUT2D eigenvalue weighted by atomic mass is 10.1. The second-order valence-electron chi connectivity index (χ2n) is 6.63. The van der Waals surface area contributed by atoms with Gasteiger partial charge in [0.15, 0.2) is 5.65 Å². The zero-order valence-electron chi connectivity index (χ0n) is 14.9. The van der Waals surface area contributed by atoms with Gasteiger partial charge in [0.2, 0.25) is 6.41 Å². The number of aryl methyl sites for hydroxylation is 1. The van der Waals surface area contributed by atoms with E-state index in [0.29, 0.717) is 45.4 Å². The highest BCUT2D eigenvalue weighted by Gasteiger charge is 2.25. The van der Waals surface area contributed by atoms with Crippen LogP contribution in [0, 0.1) is 0 Å². The van der Waals surface area contributed by atoms with E-state index < -0.39 is 10.8 Å². The largest absolute Gasteiger partial charge is 0.354 e. The maximum atomic E-state index is 12.5. The van der Waals surface area contributed by atoms with Crippen LogP contribution in [0.4, 0.5) is 17.2 Å². The molecule has 8 nitrogen and oxygen atoms in total. The van der Waals surface area contributed by atoms with Crippen molar-refractivity contribution in [1.29, 1.82) is 0 Å². The Hall–Kier alpha value is -2.94. The molecule has 4 rings (SSSR count). The number of hydrogen-bond donors (Lipinski definition) is 3. The Morgan fingerprint density at radius 3 is 2.74 bits per heavy atom. The lowest BCUT2D eigenvalue weighted by Crippen LogP contribution is -2.12. The van der Waals surface area contributed by atoms with Gasteiger partial charge in [-0.05, 0) is 36.5 Å². The number of amides is 1. The minimum atomic E-state index is -1.20. The van der Waals surface area contributed by atoms with Crippen molar-refractivity contribution >= 4 is 45.4 Å². The third-order valence-electron chi connectivity index (χ3n) is 4.65. The number of anilines is 3. The van der Waals surface area contributed by atoms with Crippen LogP contribution in [0.25, 0.3) is 11.0 Å². The molecule has 1 aliphatic carbocycles. The number of pyridine rings is 1. The van der Waals surface area contributed by atoms with Gasteiger partial charge in [-0.2, -0.15) is 0 Å². The van der Waals surface area contributed by atoms with Crippen LogP contribution >= 0.6 is 0 Å². The molecule has 0 aliphatic heterocycles. The summed E-state index contributed by atoms with van der Waals surface area (Å²) in [7, 11) is 0.398. The molecular weight excluding hydrogens is 366 g/mol. The Morgan fingerprint density at radius 1 is 1.30 bits per heavy atom. The summed E-state index contributed by atoms with van der Waals surface area (Å²) < 4.78 is 13.6. The predicted octanol–water partition coefficient (Wildman–Crippen LogP) is 2.19. The highest BCUT2D eigenvalue weighted by atomic mass is 32.2. The van der Waals surface area contributed by atoms with Crippen LogP contribution in [0.1, 0.15) is 24.3 Å². The van der Waals surface area contributed by atoms with E-state index in [-0.39, 0.29) is 5.56 Å². The van der Waals surface area contributed by atoms with E-state index in [1.165, 1.54) is 10.2 Å². The lowest BCUT2D eigenvalue weighted by Gasteiger charge is -2.13. The Balaban J connectivity index is 1.84. The van der Waals surface area contributed by atoms with Gasteiger partial charge in [-0.25, -0.2) is 4.98 Å². The summed E-state index contributed by atoms with van der Waals surface area (Å²) in [5.41, 5.74) is 2.44. The summed E-state index contributed by atoms with van der Waals surface area (Å²) in [6.45, 7) is 0. The first-order valence-electron chi connectivity index (χ1n) is 8.52. The molecule has 27 heavy (non-hydrogen) atoms. The molecule has 2 heterocycles. The summed E-state index contributed by atoms with van der Waals surface area (Å²) in [5, 5.41) is 8.94. The molecule has 0 radical (unpaired) electrons. The maximum Gasteiger partial charge on any atom is 0.277 e. The quantitative estimate of drug-likeness (QED) is 0.564. The number of fused-ring (bicyclic) bond motifs is 1. The zero-order valence-corrected chi connectivity index (χ0v) is 15.7. The second kappa shape index (κ2) is 6.66. The molecule has 1 unspecified atom stereocenters. The number of nitrogens with zero attached hydrogens (tertiary/aromatic N) is 2. The molecule has 0 bridgehead atoms. The monoisotopic (exact) mass is 385 g/mol. The van der Waals surface area contributed by atoms with Gasteiger partial charge in [0.05, 0.1) is 27.1 Å². The molecule has 2 aromatic heterocycles. The number of nitrogens with one attached hydrogen (secondary N) is 3. The van der Waals surface area contributed by atoms with Crippen molar-refractivity contribution in [2.24, 2.45) is 7.05 Å². The summed E-state index contributed by atoms with van der Waals surface area (Å²) in [6.07, 6.45) is 4.48. The van der Waals surface area contributed by atoms with Crippen molar-refractivity contribution in [2.45, 2.75) is 23.7 Å². The standard InChI is InChI=1S/C18H19N5O3S/c1-23-18(25)16-13(8-15(19-9-24)21-17(16)22-23)20-12-6-5-11(10-3-4-10)7-14(12)27(2)26/h5-10H,3-4H2,1-2H3,(H3,19,20,21,22,24). The Labute approximate surface area is 157 Å². The van der Waals surface area contributed by atoms with Crippen LogP contribution < -0.4 is 16.2 Å². The van der Waals surface area contributed by atoms with Crippen molar-refractivity contribution in [2.75, 3.05) is 16.9 Å². The molecule has 3 N–H and O–H groups in total. The first-order valence-corrected chi connectivity index (χ1v) is 10.1. The highest BCUT2D eigenvalue weighted by molar-refractivity contribution is 7.84. The van der Waals surface area contributed by atoms with Crippen LogP contribution in [-0.4, -0.2) is 31.6 Å². The van der Waals surface area contributed by atoms with E-state index >= 15 is 0 Å². The smallest absolute Gasteiger partial charge is 0.277 e. The van der Waals surface area contributed by atoms with Crippen molar-refractivity contribution in [3.8, 4) is 0 Å². The summed E-state index contributed by atoms with van der Waals surface area (Å²) in [5.74, 6) is 0.852. The van der Waals surface area contributed by atoms with Crippen molar-refractivity contribution in [1.82, 2.24) is 14.8 Å². The third-order valence-corrected chi connectivity index (χ3v) is 5.61. The van der Waals surface area contributed by atoms with Gasteiger partial charge in [0.25, 0.3) is 5.56 Å². The average molecular weight is 385 g/mol. The fraction of sp³-hybridized carbons (Fsp3) is 0.278. The lowest BCUT2D eigenvalue weighted by molar-refractivity contribution is -0.105. The molecule has 1 fully saturated rings. The zero-order chi connectivity index (χ0) is 19.1. The molecule has 140 valence electrons. The molecule has 1 saturated carbocycles. The normalized spacial score (nSPS) is 14.9. The fourth-order valence-corrected chi connectivity index (χ4v) is 3.88. The van der Waals surface area contributed by atoms with Crippen molar-refractivity contribution in [3.63, 3.8) is 0 Å². The molecule has 1 aromatic carbocycles. The molecule has 1 amide bonds. The van der Waals surface area contributed by atoms with Crippen LogP contribution in [0.3, 0.4) is 0 Å². The number of benzene rings is 1. The Morgan fingerprint density at radius 2 is 2.07 bits per heavy atom. The predicted molar refractivity (Wildman–Crippen MR) is 105 cm³/mol. The number of rotatable bonds is 6. The van der Waals surface area contributed by atoms with Gasteiger partial charge >= 0.3 is 0 Å². The number of H-pyrrole nitrogens is 1. The van der Waals surface area contributed by atoms with E-state index in [0.717, 1.165) is 12.8 Å². The molecule has 0 spiro atoms. The van der Waals surface area contributed by atoms with Crippen LogP contribution in [0.2, 0.25) is 0 Å². The van der Waals surface area contributed by atoms with Crippen LogP contribution in [0.15, 0.2) is 34.0 Å². The minimum Gasteiger partial charge on any atom is -0.354 e. The summed E-state index contributed by atoms with van der Waals surface area (Å²) in [4.78, 5) is 28.2. The molecule has 1 aliphatic rings. The number of carbonyl (C=O) groups is 1.